The molecular formula is C23H28N4O2. The van der Waals surface area contributed by atoms with Gasteiger partial charge >= 0.3 is 0 Å². The van der Waals surface area contributed by atoms with Crippen molar-refractivity contribution in [2.45, 2.75) is 39.5 Å². The molecule has 0 aliphatic carbocycles. The van der Waals surface area contributed by atoms with Gasteiger partial charge in [0.2, 0.25) is 0 Å². The number of anilines is 1. The van der Waals surface area contributed by atoms with Crippen LogP contribution in [0.5, 0.6) is 0 Å². The van der Waals surface area contributed by atoms with E-state index in [2.05, 4.69) is 28.7 Å². The molecule has 1 aliphatic heterocycles. The van der Waals surface area contributed by atoms with Gasteiger partial charge in [0.05, 0.1) is 10.6 Å². The molecule has 0 saturated heterocycles. The maximum atomic E-state index is 12.0. The van der Waals surface area contributed by atoms with Crippen LogP contribution in [0.15, 0.2) is 59.4 Å². The second-order valence-corrected chi connectivity index (χ2v) is 7.14. The fraction of sp³-hybridized carbons (Fsp3) is 0.348. The number of nitro groups is 1. The van der Waals surface area contributed by atoms with Crippen LogP contribution in [0.2, 0.25) is 0 Å². The standard InChI is InChI=1S/C23H28N4O2/c1-3-5-15-26(16-6-4-2)21-12-11-18(17-22(21)27(28)29)23(19-9-7-13-24-19)20-10-8-14-25-20/h7-14,17,24H,3-6,15-16H2,1-2H3/b23-20-. The average molecular weight is 393 g/mol. The number of aliphatic imine (C=N–C) groups is 1. The van der Waals surface area contributed by atoms with Crippen molar-refractivity contribution in [1.82, 2.24) is 4.98 Å². The lowest BCUT2D eigenvalue weighted by atomic mass is 9.99. The highest BCUT2D eigenvalue weighted by molar-refractivity contribution is 5.89. The molecule has 6 heteroatoms. The number of nitro benzene ring substituents is 1. The summed E-state index contributed by atoms with van der Waals surface area (Å²) in [5, 5.41) is 12.0. The highest BCUT2D eigenvalue weighted by Crippen LogP contribution is 2.36. The molecule has 0 bridgehead atoms. The molecule has 2 aromatic rings. The Morgan fingerprint density at radius 2 is 1.93 bits per heavy atom. The summed E-state index contributed by atoms with van der Waals surface area (Å²) in [6, 6.07) is 9.42. The number of aromatic nitrogens is 1. The Labute approximate surface area is 171 Å². The van der Waals surface area contributed by atoms with Crippen molar-refractivity contribution in [1.29, 1.82) is 0 Å². The van der Waals surface area contributed by atoms with Gasteiger partial charge in [0, 0.05) is 42.8 Å². The van der Waals surface area contributed by atoms with Gasteiger partial charge in [-0.05, 0) is 48.8 Å². The third-order valence-corrected chi connectivity index (χ3v) is 5.04. The van der Waals surface area contributed by atoms with Gasteiger partial charge in [0.25, 0.3) is 5.69 Å². The van der Waals surface area contributed by atoms with E-state index in [1.54, 1.807) is 12.3 Å². The van der Waals surface area contributed by atoms with Crippen molar-refractivity contribution in [3.8, 4) is 0 Å². The molecule has 1 aliphatic rings. The third-order valence-electron chi connectivity index (χ3n) is 5.04. The van der Waals surface area contributed by atoms with Crippen molar-refractivity contribution < 1.29 is 4.92 Å². The minimum atomic E-state index is -0.269. The highest BCUT2D eigenvalue weighted by Gasteiger charge is 2.22. The molecule has 0 amide bonds. The molecule has 0 radical (unpaired) electrons. The number of hydrogen-bond donors (Lipinski definition) is 1. The fourth-order valence-corrected chi connectivity index (χ4v) is 3.52. The quantitative estimate of drug-likeness (QED) is 0.414. The van der Waals surface area contributed by atoms with Crippen LogP contribution >= 0.6 is 0 Å². The molecule has 0 fully saturated rings. The molecule has 152 valence electrons. The zero-order valence-corrected chi connectivity index (χ0v) is 17.1. The molecule has 1 aromatic carbocycles. The number of benzene rings is 1. The Hall–Kier alpha value is -3.15. The summed E-state index contributed by atoms with van der Waals surface area (Å²) in [7, 11) is 0. The van der Waals surface area contributed by atoms with Crippen LogP contribution in [0, 0.1) is 10.1 Å². The highest BCUT2D eigenvalue weighted by atomic mass is 16.6. The van der Waals surface area contributed by atoms with Crippen molar-refractivity contribution in [3.05, 3.63) is 75.7 Å². The number of nitrogens with zero attached hydrogens (tertiary/aromatic N) is 3. The Kier molecular flexibility index (Phi) is 7.00. The van der Waals surface area contributed by atoms with Gasteiger partial charge in [-0.3, -0.25) is 15.1 Å². The number of hydrogen-bond acceptors (Lipinski definition) is 4. The predicted octanol–water partition coefficient (Wildman–Crippen LogP) is 5.73. The Bertz CT molecular complexity index is 904. The average Bonchev–Trinajstić information content (AvgIpc) is 3.43. The van der Waals surface area contributed by atoms with Crippen molar-refractivity contribution >= 4 is 23.2 Å². The first kappa shape index (κ1) is 20.6. The second kappa shape index (κ2) is 9.87. The van der Waals surface area contributed by atoms with E-state index in [-0.39, 0.29) is 10.6 Å². The van der Waals surface area contributed by atoms with Gasteiger partial charge in [-0.2, -0.15) is 0 Å². The molecule has 6 nitrogen and oxygen atoms in total. The van der Waals surface area contributed by atoms with Crippen LogP contribution in [0.3, 0.4) is 0 Å². The van der Waals surface area contributed by atoms with Crippen LogP contribution in [0.4, 0.5) is 11.4 Å². The molecular weight excluding hydrogens is 364 g/mol. The molecule has 29 heavy (non-hydrogen) atoms. The number of allylic oxidation sites excluding steroid dienone is 2. The SMILES string of the molecule is CCCCN(CCCC)c1ccc(/C(=C2\C=CC=N2)c2ccc[nH]2)cc1[N+](=O)[O-]. The maximum absolute atomic E-state index is 12.0. The molecule has 0 atom stereocenters. The van der Waals surface area contributed by atoms with E-state index in [0.717, 1.165) is 61.3 Å². The lowest BCUT2D eigenvalue weighted by Crippen LogP contribution is -2.26. The van der Waals surface area contributed by atoms with Crippen LogP contribution in [0.25, 0.3) is 5.57 Å². The summed E-state index contributed by atoms with van der Waals surface area (Å²) in [5.74, 6) is 0. The lowest BCUT2D eigenvalue weighted by Gasteiger charge is -2.25. The van der Waals surface area contributed by atoms with E-state index in [1.165, 1.54) is 0 Å². The Morgan fingerprint density at radius 1 is 1.17 bits per heavy atom. The summed E-state index contributed by atoms with van der Waals surface area (Å²) in [6.07, 6.45) is 11.5. The largest absolute Gasteiger partial charge is 0.366 e. The van der Waals surface area contributed by atoms with Crippen molar-refractivity contribution in [3.63, 3.8) is 0 Å². The van der Waals surface area contributed by atoms with Crippen LogP contribution in [0.1, 0.15) is 50.8 Å². The van der Waals surface area contributed by atoms with Gasteiger partial charge in [0.1, 0.15) is 5.69 Å². The number of aromatic amines is 1. The summed E-state index contributed by atoms with van der Waals surface area (Å²) < 4.78 is 0. The van der Waals surface area contributed by atoms with E-state index < -0.39 is 0 Å². The van der Waals surface area contributed by atoms with Gasteiger partial charge in [-0.1, -0.05) is 32.8 Å². The molecule has 3 rings (SSSR count). The number of nitrogens with one attached hydrogen (secondary N) is 1. The first-order chi connectivity index (χ1) is 14.2. The second-order valence-electron chi connectivity index (χ2n) is 7.14. The monoisotopic (exact) mass is 392 g/mol. The number of H-pyrrole nitrogens is 1. The number of rotatable bonds is 10. The zero-order valence-electron chi connectivity index (χ0n) is 17.1. The molecule has 1 N–H and O–H groups in total. The molecule has 0 unspecified atom stereocenters. The van der Waals surface area contributed by atoms with E-state index in [0.29, 0.717) is 5.69 Å². The molecule has 2 heterocycles. The van der Waals surface area contributed by atoms with Gasteiger partial charge < -0.3 is 9.88 Å². The van der Waals surface area contributed by atoms with Crippen LogP contribution < -0.4 is 4.90 Å². The summed E-state index contributed by atoms with van der Waals surface area (Å²) in [6.45, 7) is 5.93. The van der Waals surface area contributed by atoms with Gasteiger partial charge in [-0.15, -0.1) is 0 Å². The minimum absolute atomic E-state index is 0.144. The molecule has 1 aromatic heterocycles. The van der Waals surface area contributed by atoms with Crippen molar-refractivity contribution in [2.24, 2.45) is 4.99 Å². The van der Waals surface area contributed by atoms with E-state index >= 15 is 0 Å². The normalized spacial score (nSPS) is 14.4. The summed E-state index contributed by atoms with van der Waals surface area (Å²) >= 11 is 0. The Morgan fingerprint density at radius 3 is 2.48 bits per heavy atom. The first-order valence-corrected chi connectivity index (χ1v) is 10.3. The molecule has 0 spiro atoms. The maximum Gasteiger partial charge on any atom is 0.293 e. The molecule has 0 saturated carbocycles. The predicted molar refractivity (Wildman–Crippen MR) is 120 cm³/mol. The fourth-order valence-electron chi connectivity index (χ4n) is 3.52. The third kappa shape index (κ3) is 4.83. The smallest absolute Gasteiger partial charge is 0.293 e. The van der Waals surface area contributed by atoms with Crippen molar-refractivity contribution in [2.75, 3.05) is 18.0 Å². The van der Waals surface area contributed by atoms with Crippen LogP contribution in [-0.2, 0) is 0 Å². The van der Waals surface area contributed by atoms with E-state index in [9.17, 15) is 10.1 Å². The Balaban J connectivity index is 2.07. The zero-order chi connectivity index (χ0) is 20.6. The summed E-state index contributed by atoms with van der Waals surface area (Å²) in [5.41, 5.74) is 4.17. The van der Waals surface area contributed by atoms with Crippen LogP contribution in [-0.4, -0.2) is 29.2 Å². The van der Waals surface area contributed by atoms with Gasteiger partial charge in [-0.25, -0.2) is 0 Å². The number of unbranched alkanes of at least 4 members (excludes halogenated alkanes) is 2. The lowest BCUT2D eigenvalue weighted by molar-refractivity contribution is -0.384. The summed E-state index contributed by atoms with van der Waals surface area (Å²) in [4.78, 5) is 21.5. The minimum Gasteiger partial charge on any atom is -0.366 e. The first-order valence-electron chi connectivity index (χ1n) is 10.3. The topological polar surface area (TPSA) is 74.5 Å². The van der Waals surface area contributed by atoms with E-state index in [1.807, 2.05) is 42.6 Å². The van der Waals surface area contributed by atoms with Gasteiger partial charge in [0.15, 0.2) is 0 Å². The van der Waals surface area contributed by atoms with E-state index in [4.69, 9.17) is 0 Å².